The fourth-order valence-electron chi connectivity index (χ4n) is 1.06. The minimum absolute atomic E-state index is 0.00613. The van der Waals surface area contributed by atoms with Gasteiger partial charge in [0, 0.05) is 0 Å². The second-order valence-electron chi connectivity index (χ2n) is 3.78. The van der Waals surface area contributed by atoms with Crippen LogP contribution in [0.3, 0.4) is 0 Å². The van der Waals surface area contributed by atoms with Crippen molar-refractivity contribution in [2.24, 2.45) is 0 Å². The van der Waals surface area contributed by atoms with Crippen molar-refractivity contribution in [1.82, 2.24) is 9.97 Å². The third-order valence-corrected chi connectivity index (χ3v) is 1.78. The standard InChI is InChI=1S/C10H14F3N3O2/c1-6(2)18-9-7(14)8(15-5-16-9)17-4-3-10(11,12)13/h5-6H,3-4,14H2,1-2H3. The zero-order valence-electron chi connectivity index (χ0n) is 9.99. The SMILES string of the molecule is CC(C)Oc1ncnc(OCCC(F)(F)F)c1N. The first-order valence-corrected chi connectivity index (χ1v) is 5.26. The Morgan fingerprint density at radius 3 is 2.44 bits per heavy atom. The second-order valence-corrected chi connectivity index (χ2v) is 3.78. The molecule has 0 fully saturated rings. The van der Waals surface area contributed by atoms with Crippen molar-refractivity contribution in [2.45, 2.75) is 32.5 Å². The van der Waals surface area contributed by atoms with Crippen LogP contribution >= 0.6 is 0 Å². The van der Waals surface area contributed by atoms with Crippen molar-refractivity contribution in [2.75, 3.05) is 12.3 Å². The van der Waals surface area contributed by atoms with E-state index in [9.17, 15) is 13.2 Å². The molecule has 0 aliphatic carbocycles. The maximum Gasteiger partial charge on any atom is 0.392 e. The first-order valence-electron chi connectivity index (χ1n) is 5.26. The van der Waals surface area contributed by atoms with Crippen LogP contribution < -0.4 is 15.2 Å². The number of alkyl halides is 3. The number of anilines is 1. The van der Waals surface area contributed by atoms with Crippen molar-refractivity contribution in [3.63, 3.8) is 0 Å². The summed E-state index contributed by atoms with van der Waals surface area (Å²) in [6, 6.07) is 0. The van der Waals surface area contributed by atoms with Gasteiger partial charge in [-0.1, -0.05) is 0 Å². The van der Waals surface area contributed by atoms with E-state index >= 15 is 0 Å². The lowest BCUT2D eigenvalue weighted by atomic mass is 10.4. The summed E-state index contributed by atoms with van der Waals surface area (Å²) in [5, 5.41) is 0. The lowest BCUT2D eigenvalue weighted by molar-refractivity contribution is -0.139. The van der Waals surface area contributed by atoms with Crippen LogP contribution in [0.15, 0.2) is 6.33 Å². The Balaban J connectivity index is 2.66. The van der Waals surface area contributed by atoms with E-state index in [-0.39, 0.29) is 23.6 Å². The highest BCUT2D eigenvalue weighted by Crippen LogP contribution is 2.28. The Bertz CT molecular complexity index is 396. The van der Waals surface area contributed by atoms with Gasteiger partial charge in [-0.3, -0.25) is 0 Å². The number of nitrogen functional groups attached to an aromatic ring is 1. The number of hydrogen-bond donors (Lipinski definition) is 1. The summed E-state index contributed by atoms with van der Waals surface area (Å²) in [5.41, 5.74) is 5.62. The third kappa shape index (κ3) is 4.64. The normalized spacial score (nSPS) is 11.7. The van der Waals surface area contributed by atoms with Crippen LogP contribution in [0.5, 0.6) is 11.8 Å². The number of nitrogens with two attached hydrogens (primary N) is 1. The molecule has 18 heavy (non-hydrogen) atoms. The molecule has 0 bridgehead atoms. The Labute approximate surface area is 102 Å². The molecule has 0 atom stereocenters. The van der Waals surface area contributed by atoms with Crippen LogP contribution in [0.4, 0.5) is 18.9 Å². The highest BCUT2D eigenvalue weighted by atomic mass is 19.4. The summed E-state index contributed by atoms with van der Waals surface area (Å²) in [6.45, 7) is 2.99. The molecule has 0 amide bonds. The molecule has 0 unspecified atom stereocenters. The van der Waals surface area contributed by atoms with Crippen LogP contribution in [-0.4, -0.2) is 28.9 Å². The highest BCUT2D eigenvalue weighted by Gasteiger charge is 2.27. The Hall–Kier alpha value is -1.73. The first-order chi connectivity index (χ1) is 8.29. The van der Waals surface area contributed by atoms with Crippen molar-refractivity contribution >= 4 is 5.69 Å². The number of hydrogen-bond acceptors (Lipinski definition) is 5. The topological polar surface area (TPSA) is 70.3 Å². The zero-order valence-corrected chi connectivity index (χ0v) is 9.99. The smallest absolute Gasteiger partial charge is 0.392 e. The van der Waals surface area contributed by atoms with Crippen molar-refractivity contribution < 1.29 is 22.6 Å². The molecule has 8 heteroatoms. The maximum atomic E-state index is 11.9. The minimum atomic E-state index is -4.28. The van der Waals surface area contributed by atoms with Gasteiger partial charge in [0.2, 0.25) is 11.8 Å². The Morgan fingerprint density at radius 2 is 1.89 bits per heavy atom. The van der Waals surface area contributed by atoms with Gasteiger partial charge >= 0.3 is 6.18 Å². The molecule has 1 aromatic rings. The molecule has 1 heterocycles. The average molecular weight is 265 g/mol. The predicted molar refractivity (Wildman–Crippen MR) is 58.4 cm³/mol. The van der Waals surface area contributed by atoms with Gasteiger partial charge in [0.05, 0.1) is 19.1 Å². The fourth-order valence-corrected chi connectivity index (χ4v) is 1.06. The molecular weight excluding hydrogens is 251 g/mol. The minimum Gasteiger partial charge on any atom is -0.476 e. The summed E-state index contributed by atoms with van der Waals surface area (Å²) >= 11 is 0. The summed E-state index contributed by atoms with van der Waals surface area (Å²) in [4.78, 5) is 7.44. The zero-order chi connectivity index (χ0) is 13.8. The molecule has 1 rings (SSSR count). The van der Waals surface area contributed by atoms with Gasteiger partial charge < -0.3 is 15.2 Å². The fraction of sp³-hybridized carbons (Fsp3) is 0.600. The van der Waals surface area contributed by atoms with Crippen LogP contribution in [0.2, 0.25) is 0 Å². The van der Waals surface area contributed by atoms with Gasteiger partial charge in [0.1, 0.15) is 6.33 Å². The number of nitrogens with zero attached hydrogens (tertiary/aromatic N) is 2. The lowest BCUT2D eigenvalue weighted by Gasteiger charge is -2.13. The van der Waals surface area contributed by atoms with Gasteiger partial charge in [-0.15, -0.1) is 0 Å². The van der Waals surface area contributed by atoms with E-state index in [1.165, 1.54) is 0 Å². The molecule has 102 valence electrons. The van der Waals surface area contributed by atoms with E-state index in [1.807, 2.05) is 0 Å². The van der Waals surface area contributed by atoms with Crippen LogP contribution in [0, 0.1) is 0 Å². The Morgan fingerprint density at radius 1 is 1.28 bits per heavy atom. The first kappa shape index (κ1) is 14.3. The average Bonchev–Trinajstić information content (AvgIpc) is 2.21. The highest BCUT2D eigenvalue weighted by molar-refractivity contribution is 5.55. The third-order valence-electron chi connectivity index (χ3n) is 1.78. The summed E-state index contributed by atoms with van der Waals surface area (Å²) in [7, 11) is 0. The van der Waals surface area contributed by atoms with Crippen LogP contribution in [0.1, 0.15) is 20.3 Å². The maximum absolute atomic E-state index is 11.9. The van der Waals surface area contributed by atoms with Gasteiger partial charge in [-0.2, -0.15) is 23.1 Å². The molecule has 2 N–H and O–H groups in total. The molecule has 5 nitrogen and oxygen atoms in total. The molecule has 0 aliphatic rings. The largest absolute Gasteiger partial charge is 0.476 e. The molecule has 0 spiro atoms. The van der Waals surface area contributed by atoms with Crippen LogP contribution in [-0.2, 0) is 0 Å². The van der Waals surface area contributed by atoms with Crippen molar-refractivity contribution in [1.29, 1.82) is 0 Å². The summed E-state index contributed by atoms with van der Waals surface area (Å²) < 4.78 is 45.9. The van der Waals surface area contributed by atoms with E-state index in [4.69, 9.17) is 15.2 Å². The number of halogens is 3. The quantitative estimate of drug-likeness (QED) is 0.883. The second kappa shape index (κ2) is 5.74. The van der Waals surface area contributed by atoms with E-state index in [2.05, 4.69) is 9.97 Å². The summed E-state index contributed by atoms with van der Waals surface area (Å²) in [5.74, 6) is -0.00749. The van der Waals surface area contributed by atoms with Crippen molar-refractivity contribution in [3.8, 4) is 11.8 Å². The van der Waals surface area contributed by atoms with Crippen LogP contribution in [0.25, 0.3) is 0 Å². The monoisotopic (exact) mass is 265 g/mol. The number of ether oxygens (including phenoxy) is 2. The molecule has 0 aliphatic heterocycles. The van der Waals surface area contributed by atoms with E-state index < -0.39 is 19.2 Å². The Kier molecular flexibility index (Phi) is 4.57. The molecule has 0 aromatic carbocycles. The molecule has 0 saturated heterocycles. The van der Waals surface area contributed by atoms with Gasteiger partial charge in [0.15, 0.2) is 5.69 Å². The van der Waals surface area contributed by atoms with Gasteiger partial charge in [-0.25, -0.2) is 0 Å². The molecule has 1 aromatic heterocycles. The van der Waals surface area contributed by atoms with Gasteiger partial charge in [-0.05, 0) is 13.8 Å². The molecule has 0 saturated carbocycles. The van der Waals surface area contributed by atoms with E-state index in [1.54, 1.807) is 13.8 Å². The predicted octanol–water partition coefficient (Wildman–Crippen LogP) is 2.18. The molecule has 0 radical (unpaired) electrons. The number of aromatic nitrogens is 2. The summed E-state index contributed by atoms with van der Waals surface area (Å²) in [6.07, 6.45) is -4.39. The lowest BCUT2D eigenvalue weighted by Crippen LogP contribution is -2.15. The van der Waals surface area contributed by atoms with E-state index in [0.717, 1.165) is 6.33 Å². The number of rotatable bonds is 5. The van der Waals surface area contributed by atoms with Gasteiger partial charge in [0.25, 0.3) is 0 Å². The van der Waals surface area contributed by atoms with Crippen molar-refractivity contribution in [3.05, 3.63) is 6.33 Å². The molecular formula is C10H14F3N3O2. The van der Waals surface area contributed by atoms with E-state index in [0.29, 0.717) is 0 Å².